The van der Waals surface area contributed by atoms with Gasteiger partial charge in [-0.1, -0.05) is 24.3 Å². The van der Waals surface area contributed by atoms with Crippen molar-refractivity contribution < 1.29 is 28.8 Å². The Morgan fingerprint density at radius 3 is 2.48 bits per heavy atom. The van der Waals surface area contributed by atoms with E-state index in [-0.39, 0.29) is 18.8 Å². The zero-order valence-electron chi connectivity index (χ0n) is 15.3. The molecule has 6 nitrogen and oxygen atoms in total. The monoisotopic (exact) mass is 350 g/mol. The summed E-state index contributed by atoms with van der Waals surface area (Å²) in [6, 6.07) is 7.66. The summed E-state index contributed by atoms with van der Waals surface area (Å²) >= 11 is 0. The smallest absolute Gasteiger partial charge is 0.231 e. The molecule has 6 heteroatoms. The van der Waals surface area contributed by atoms with Gasteiger partial charge in [0.1, 0.15) is 24.4 Å². The lowest BCUT2D eigenvalue weighted by Crippen LogP contribution is -2.61. The van der Waals surface area contributed by atoms with Gasteiger partial charge in [0.15, 0.2) is 11.6 Å². The van der Waals surface area contributed by atoms with Crippen LogP contribution in [0.1, 0.15) is 44.9 Å². The molecular formula is C19H26O6. The lowest BCUT2D eigenvalue weighted by Gasteiger charge is -2.43. The van der Waals surface area contributed by atoms with E-state index in [0.29, 0.717) is 0 Å². The Hall–Kier alpha value is -1.02. The molecule has 5 atom stereocenters. The van der Waals surface area contributed by atoms with E-state index in [1.807, 2.05) is 58.9 Å². The van der Waals surface area contributed by atoms with E-state index in [9.17, 15) is 5.11 Å². The quantitative estimate of drug-likeness (QED) is 0.884. The highest BCUT2D eigenvalue weighted by Crippen LogP contribution is 2.52. The highest BCUT2D eigenvalue weighted by Gasteiger charge is 2.68. The molecule has 0 saturated carbocycles. The van der Waals surface area contributed by atoms with Crippen LogP contribution in [0.2, 0.25) is 0 Å². The first-order chi connectivity index (χ1) is 11.6. The minimum atomic E-state index is -1.33. The number of ether oxygens (including phenoxy) is 5. The third-order valence-electron chi connectivity index (χ3n) is 5.07. The second-order valence-corrected chi connectivity index (χ2v) is 7.97. The van der Waals surface area contributed by atoms with Gasteiger partial charge in [-0.2, -0.15) is 0 Å². The molecule has 0 unspecified atom stereocenters. The average Bonchev–Trinajstić information content (AvgIpc) is 2.99. The van der Waals surface area contributed by atoms with Crippen LogP contribution in [0, 0.1) is 6.92 Å². The Balaban J connectivity index is 1.75. The Morgan fingerprint density at radius 2 is 1.76 bits per heavy atom. The van der Waals surface area contributed by atoms with Gasteiger partial charge >= 0.3 is 0 Å². The first kappa shape index (κ1) is 17.4. The zero-order valence-corrected chi connectivity index (χ0v) is 15.3. The van der Waals surface area contributed by atoms with Gasteiger partial charge < -0.3 is 28.8 Å². The molecule has 1 aromatic carbocycles. The number of aliphatic hydroxyl groups excluding tert-OH is 1. The molecule has 1 aromatic rings. The molecule has 3 heterocycles. The van der Waals surface area contributed by atoms with E-state index in [2.05, 4.69) is 0 Å². The van der Waals surface area contributed by atoms with Crippen molar-refractivity contribution >= 4 is 0 Å². The predicted octanol–water partition coefficient (Wildman–Crippen LogP) is 2.43. The van der Waals surface area contributed by atoms with Crippen molar-refractivity contribution in [2.45, 2.75) is 76.4 Å². The van der Waals surface area contributed by atoms with Crippen molar-refractivity contribution in [2.24, 2.45) is 0 Å². The Kier molecular flexibility index (Phi) is 3.82. The molecule has 0 amide bonds. The summed E-state index contributed by atoms with van der Waals surface area (Å²) in [6.45, 7) is 9.59. The molecule has 3 aliphatic heterocycles. The maximum Gasteiger partial charge on any atom is 0.231 e. The third kappa shape index (κ3) is 2.72. The first-order valence-corrected chi connectivity index (χ1v) is 8.75. The number of fused-ring (bicyclic) bond motifs is 3. The SMILES string of the molecule is Cc1ccccc1[C@@H](O)[C@@]12OC[C@H]3OC(C)(C)O[C@H]3[C@@H]1OC(C)(C)O2. The van der Waals surface area contributed by atoms with Gasteiger partial charge in [0.2, 0.25) is 5.79 Å². The maximum absolute atomic E-state index is 11.2. The maximum atomic E-state index is 11.2. The largest absolute Gasteiger partial charge is 0.383 e. The zero-order chi connectivity index (χ0) is 18.0. The molecule has 0 bridgehead atoms. The lowest BCUT2D eigenvalue weighted by atomic mass is 9.88. The summed E-state index contributed by atoms with van der Waals surface area (Å²) in [4.78, 5) is 0. The number of aliphatic hydroxyl groups is 1. The normalized spacial score (nSPS) is 39.7. The van der Waals surface area contributed by atoms with Crippen LogP contribution in [0.15, 0.2) is 24.3 Å². The van der Waals surface area contributed by atoms with Gasteiger partial charge in [0, 0.05) is 0 Å². The Labute approximate surface area is 148 Å². The number of benzene rings is 1. The van der Waals surface area contributed by atoms with E-state index in [1.165, 1.54) is 0 Å². The van der Waals surface area contributed by atoms with Crippen LogP contribution in [0.25, 0.3) is 0 Å². The van der Waals surface area contributed by atoms with Crippen LogP contribution >= 0.6 is 0 Å². The molecule has 25 heavy (non-hydrogen) atoms. The van der Waals surface area contributed by atoms with Crippen molar-refractivity contribution in [3.05, 3.63) is 35.4 Å². The number of aryl methyl sites for hydroxylation is 1. The summed E-state index contributed by atoms with van der Waals surface area (Å²) in [6.07, 6.45) is -2.23. The summed E-state index contributed by atoms with van der Waals surface area (Å²) in [7, 11) is 0. The molecule has 1 N–H and O–H groups in total. The minimum absolute atomic E-state index is 0.255. The molecular weight excluding hydrogens is 324 g/mol. The van der Waals surface area contributed by atoms with Crippen LogP contribution in [0.3, 0.4) is 0 Å². The van der Waals surface area contributed by atoms with E-state index >= 15 is 0 Å². The molecule has 0 radical (unpaired) electrons. The van der Waals surface area contributed by atoms with Crippen LogP contribution < -0.4 is 0 Å². The van der Waals surface area contributed by atoms with Gasteiger partial charge in [-0.15, -0.1) is 0 Å². The van der Waals surface area contributed by atoms with E-state index < -0.39 is 29.6 Å². The van der Waals surface area contributed by atoms with Crippen molar-refractivity contribution in [1.82, 2.24) is 0 Å². The van der Waals surface area contributed by atoms with Crippen molar-refractivity contribution in [3.63, 3.8) is 0 Å². The fourth-order valence-corrected chi connectivity index (χ4v) is 4.12. The highest BCUT2D eigenvalue weighted by molar-refractivity contribution is 5.30. The van der Waals surface area contributed by atoms with Crippen molar-refractivity contribution in [3.8, 4) is 0 Å². The van der Waals surface area contributed by atoms with Gasteiger partial charge in [0.05, 0.1) is 6.61 Å². The molecule has 3 saturated heterocycles. The van der Waals surface area contributed by atoms with Crippen molar-refractivity contribution in [2.75, 3.05) is 6.61 Å². The number of hydrogen-bond acceptors (Lipinski definition) is 6. The molecule has 138 valence electrons. The van der Waals surface area contributed by atoms with Crippen LogP contribution in [-0.2, 0) is 23.7 Å². The standard InChI is InChI=1S/C19H26O6/c1-11-8-6-7-9-12(11)15(20)19-16(24-18(4,5)25-19)14-13(10-21-19)22-17(2,3)23-14/h6-9,13-16,20H,10H2,1-5H3/t13-,14-,15-,16+,19+/m1/s1. The second-order valence-electron chi connectivity index (χ2n) is 7.97. The number of hydrogen-bond donors (Lipinski definition) is 1. The summed E-state index contributed by atoms with van der Waals surface area (Å²) in [5.74, 6) is -2.96. The molecule has 3 aliphatic rings. The number of rotatable bonds is 2. The Bertz CT molecular complexity index is 672. The molecule has 0 spiro atoms. The fourth-order valence-electron chi connectivity index (χ4n) is 4.12. The van der Waals surface area contributed by atoms with Gasteiger partial charge in [-0.25, -0.2) is 0 Å². The molecule has 0 aromatic heterocycles. The average molecular weight is 350 g/mol. The van der Waals surface area contributed by atoms with E-state index in [1.54, 1.807) is 0 Å². The fraction of sp³-hybridized carbons (Fsp3) is 0.684. The Morgan fingerprint density at radius 1 is 1.04 bits per heavy atom. The summed E-state index contributed by atoms with van der Waals surface area (Å²) in [5.41, 5.74) is 1.72. The molecule has 0 aliphatic carbocycles. The van der Waals surface area contributed by atoms with Crippen LogP contribution in [-0.4, -0.2) is 47.4 Å². The highest BCUT2D eigenvalue weighted by atomic mass is 16.9. The first-order valence-electron chi connectivity index (χ1n) is 8.75. The molecule has 3 fully saturated rings. The van der Waals surface area contributed by atoms with Crippen LogP contribution in [0.4, 0.5) is 0 Å². The van der Waals surface area contributed by atoms with Crippen LogP contribution in [0.5, 0.6) is 0 Å². The van der Waals surface area contributed by atoms with Gasteiger partial charge in [-0.3, -0.25) is 0 Å². The third-order valence-corrected chi connectivity index (χ3v) is 5.07. The van der Waals surface area contributed by atoms with Gasteiger partial charge in [0.25, 0.3) is 0 Å². The topological polar surface area (TPSA) is 66.4 Å². The molecule has 4 rings (SSSR count). The second kappa shape index (κ2) is 5.49. The minimum Gasteiger partial charge on any atom is -0.383 e. The summed E-state index contributed by atoms with van der Waals surface area (Å²) in [5, 5.41) is 11.2. The summed E-state index contributed by atoms with van der Waals surface area (Å²) < 4.78 is 30.4. The van der Waals surface area contributed by atoms with Gasteiger partial charge in [-0.05, 0) is 45.7 Å². The lowest BCUT2D eigenvalue weighted by molar-refractivity contribution is -0.320. The predicted molar refractivity (Wildman–Crippen MR) is 88.7 cm³/mol. The van der Waals surface area contributed by atoms with E-state index in [4.69, 9.17) is 23.7 Å². The van der Waals surface area contributed by atoms with Crippen molar-refractivity contribution in [1.29, 1.82) is 0 Å². The van der Waals surface area contributed by atoms with E-state index in [0.717, 1.165) is 11.1 Å².